The molecule has 4 nitrogen and oxygen atoms in total. The normalized spacial score (nSPS) is 25.6. The molecule has 0 bridgehead atoms. The lowest BCUT2D eigenvalue weighted by molar-refractivity contribution is -0.122. The summed E-state index contributed by atoms with van der Waals surface area (Å²) >= 11 is 0. The van der Waals surface area contributed by atoms with Crippen LogP contribution in [0.15, 0.2) is 6.20 Å². The molecule has 1 aromatic rings. The number of nitrogens with zero attached hydrogens (tertiary/aromatic N) is 2. The van der Waals surface area contributed by atoms with E-state index in [9.17, 15) is 4.79 Å². The Kier molecular flexibility index (Phi) is 3.10. The molecule has 0 radical (unpaired) electrons. The smallest absolute Gasteiger partial charge is 0.223 e. The van der Waals surface area contributed by atoms with Gasteiger partial charge in [-0.2, -0.15) is 0 Å². The monoisotopic (exact) mass is 247 g/mol. The van der Waals surface area contributed by atoms with E-state index in [-0.39, 0.29) is 11.8 Å². The van der Waals surface area contributed by atoms with E-state index < -0.39 is 0 Å². The third-order valence-electron chi connectivity index (χ3n) is 4.09. The van der Waals surface area contributed by atoms with Gasteiger partial charge >= 0.3 is 0 Å². The summed E-state index contributed by atoms with van der Waals surface area (Å²) in [6.45, 7) is 3.96. The van der Waals surface area contributed by atoms with Gasteiger partial charge in [0.25, 0.3) is 0 Å². The van der Waals surface area contributed by atoms with Crippen molar-refractivity contribution in [2.24, 2.45) is 11.8 Å². The minimum Gasteiger partial charge on any atom is -0.355 e. The van der Waals surface area contributed by atoms with Crippen molar-refractivity contribution in [1.82, 2.24) is 14.9 Å². The Balaban J connectivity index is 1.48. The van der Waals surface area contributed by atoms with Gasteiger partial charge in [0.1, 0.15) is 5.82 Å². The van der Waals surface area contributed by atoms with Crippen LogP contribution in [-0.2, 0) is 24.2 Å². The molecule has 1 N–H and O–H groups in total. The Bertz CT molecular complexity index is 428. The lowest BCUT2D eigenvalue weighted by Gasteiger charge is -2.11. The fourth-order valence-corrected chi connectivity index (χ4v) is 2.72. The van der Waals surface area contributed by atoms with Gasteiger partial charge in [0.2, 0.25) is 5.91 Å². The standard InChI is InChI=1S/C14H21N3O/c1-10-8-12(10)14(18)15-6-5-11-9-17-7-3-2-4-13(17)16-11/h9-10,12H,2-8H2,1H3,(H,15,18)/t10-,12+/m0/s1. The van der Waals surface area contributed by atoms with Gasteiger partial charge in [-0.05, 0) is 25.2 Å². The predicted octanol–water partition coefficient (Wildman–Crippen LogP) is 1.53. The van der Waals surface area contributed by atoms with Crippen LogP contribution in [0.2, 0.25) is 0 Å². The maximum absolute atomic E-state index is 11.7. The second kappa shape index (κ2) is 4.75. The van der Waals surface area contributed by atoms with Gasteiger partial charge in [0.15, 0.2) is 0 Å². The Hall–Kier alpha value is -1.32. The molecule has 18 heavy (non-hydrogen) atoms. The van der Waals surface area contributed by atoms with Crippen molar-refractivity contribution in [3.8, 4) is 0 Å². The maximum atomic E-state index is 11.7. The number of hydrogen-bond donors (Lipinski definition) is 1. The number of rotatable bonds is 4. The minimum atomic E-state index is 0.228. The van der Waals surface area contributed by atoms with Gasteiger partial charge in [-0.1, -0.05) is 6.92 Å². The molecule has 98 valence electrons. The molecule has 0 aromatic carbocycles. The summed E-state index contributed by atoms with van der Waals surface area (Å²) in [6, 6.07) is 0. The molecule has 1 aliphatic heterocycles. The number of imidazole rings is 1. The molecule has 2 atom stereocenters. The van der Waals surface area contributed by atoms with Crippen LogP contribution in [0.1, 0.15) is 37.7 Å². The molecule has 1 fully saturated rings. The van der Waals surface area contributed by atoms with Gasteiger partial charge in [0, 0.05) is 38.0 Å². The zero-order valence-electron chi connectivity index (χ0n) is 11.0. The number of hydrogen-bond acceptors (Lipinski definition) is 2. The number of nitrogens with one attached hydrogen (secondary N) is 1. The fourth-order valence-electron chi connectivity index (χ4n) is 2.72. The van der Waals surface area contributed by atoms with E-state index >= 15 is 0 Å². The summed E-state index contributed by atoms with van der Waals surface area (Å²) in [4.78, 5) is 16.3. The first-order chi connectivity index (χ1) is 8.74. The second-order valence-electron chi connectivity index (χ2n) is 5.66. The van der Waals surface area contributed by atoms with Crippen LogP contribution >= 0.6 is 0 Å². The molecule has 2 aliphatic rings. The summed E-state index contributed by atoms with van der Waals surface area (Å²) in [6.07, 6.45) is 7.69. The van der Waals surface area contributed by atoms with Crippen molar-refractivity contribution < 1.29 is 4.79 Å². The quantitative estimate of drug-likeness (QED) is 0.877. The van der Waals surface area contributed by atoms with Crippen LogP contribution in [0.4, 0.5) is 0 Å². The van der Waals surface area contributed by atoms with E-state index in [1.165, 1.54) is 18.7 Å². The summed E-state index contributed by atoms with van der Waals surface area (Å²) in [5.74, 6) is 2.31. The molecule has 0 unspecified atom stereocenters. The largest absolute Gasteiger partial charge is 0.355 e. The van der Waals surface area contributed by atoms with Crippen LogP contribution in [0.3, 0.4) is 0 Å². The summed E-state index contributed by atoms with van der Waals surface area (Å²) in [5.41, 5.74) is 1.12. The van der Waals surface area contributed by atoms with E-state index in [4.69, 9.17) is 0 Å². The summed E-state index contributed by atoms with van der Waals surface area (Å²) in [5, 5.41) is 3.02. The number of aromatic nitrogens is 2. The number of fused-ring (bicyclic) bond motifs is 1. The number of amides is 1. The van der Waals surface area contributed by atoms with Crippen LogP contribution < -0.4 is 5.32 Å². The molecule has 1 saturated carbocycles. The van der Waals surface area contributed by atoms with Gasteiger partial charge in [-0.15, -0.1) is 0 Å². The topological polar surface area (TPSA) is 46.9 Å². The van der Waals surface area contributed by atoms with Crippen molar-refractivity contribution in [2.45, 2.75) is 45.6 Å². The molecule has 1 aliphatic carbocycles. The van der Waals surface area contributed by atoms with E-state index in [1.54, 1.807) is 0 Å². The molecular weight excluding hydrogens is 226 g/mol. The molecular formula is C14H21N3O. The average Bonchev–Trinajstić information content (AvgIpc) is 2.95. The molecule has 1 aromatic heterocycles. The van der Waals surface area contributed by atoms with Gasteiger partial charge in [-0.3, -0.25) is 4.79 Å². The van der Waals surface area contributed by atoms with Gasteiger partial charge in [0.05, 0.1) is 5.69 Å². The molecule has 4 heteroatoms. The third-order valence-corrected chi connectivity index (χ3v) is 4.09. The van der Waals surface area contributed by atoms with Crippen LogP contribution in [-0.4, -0.2) is 22.0 Å². The zero-order valence-corrected chi connectivity index (χ0v) is 11.0. The van der Waals surface area contributed by atoms with Crippen LogP contribution in [0.5, 0.6) is 0 Å². The third kappa shape index (κ3) is 2.42. The molecule has 0 spiro atoms. The highest BCUT2D eigenvalue weighted by Crippen LogP contribution is 2.37. The predicted molar refractivity (Wildman–Crippen MR) is 69.1 cm³/mol. The van der Waals surface area contributed by atoms with Crippen molar-refractivity contribution in [1.29, 1.82) is 0 Å². The van der Waals surface area contributed by atoms with Crippen LogP contribution in [0, 0.1) is 11.8 Å². The molecule has 3 rings (SSSR count). The van der Waals surface area contributed by atoms with E-state index in [2.05, 4.69) is 28.0 Å². The Morgan fingerprint density at radius 2 is 2.39 bits per heavy atom. The first-order valence-corrected chi connectivity index (χ1v) is 7.06. The Labute approximate surface area is 108 Å². The van der Waals surface area contributed by atoms with Crippen molar-refractivity contribution in [3.05, 3.63) is 17.7 Å². The van der Waals surface area contributed by atoms with E-state index in [0.717, 1.165) is 38.0 Å². The molecule has 2 heterocycles. The summed E-state index contributed by atoms with van der Waals surface area (Å²) in [7, 11) is 0. The molecule has 1 amide bonds. The maximum Gasteiger partial charge on any atom is 0.223 e. The number of carbonyl (C=O) groups is 1. The zero-order chi connectivity index (χ0) is 12.5. The number of carbonyl (C=O) groups excluding carboxylic acids is 1. The highest BCUT2D eigenvalue weighted by atomic mass is 16.2. The number of aryl methyl sites for hydroxylation is 2. The van der Waals surface area contributed by atoms with Crippen molar-refractivity contribution >= 4 is 5.91 Å². The lowest BCUT2D eigenvalue weighted by atomic mass is 10.2. The molecule has 0 saturated heterocycles. The summed E-state index contributed by atoms with van der Waals surface area (Å²) < 4.78 is 2.27. The SMILES string of the molecule is C[C@H]1C[C@H]1C(=O)NCCc1cn2c(n1)CCCC2. The van der Waals surface area contributed by atoms with E-state index in [1.807, 2.05) is 0 Å². The van der Waals surface area contributed by atoms with Crippen LogP contribution in [0.25, 0.3) is 0 Å². The Morgan fingerprint density at radius 1 is 1.56 bits per heavy atom. The van der Waals surface area contributed by atoms with Crippen molar-refractivity contribution in [3.63, 3.8) is 0 Å². The average molecular weight is 247 g/mol. The second-order valence-corrected chi connectivity index (χ2v) is 5.66. The first kappa shape index (κ1) is 11.8. The highest BCUT2D eigenvalue weighted by molar-refractivity contribution is 5.81. The van der Waals surface area contributed by atoms with Crippen molar-refractivity contribution in [2.75, 3.05) is 6.54 Å². The lowest BCUT2D eigenvalue weighted by Crippen LogP contribution is -2.27. The first-order valence-electron chi connectivity index (χ1n) is 7.06. The van der Waals surface area contributed by atoms with E-state index in [0.29, 0.717) is 5.92 Å². The fraction of sp³-hybridized carbons (Fsp3) is 0.714. The van der Waals surface area contributed by atoms with Gasteiger partial charge in [-0.25, -0.2) is 4.98 Å². The minimum absolute atomic E-state index is 0.228. The highest BCUT2D eigenvalue weighted by Gasteiger charge is 2.38. The Morgan fingerprint density at radius 3 is 3.11 bits per heavy atom. The van der Waals surface area contributed by atoms with Gasteiger partial charge < -0.3 is 9.88 Å².